The van der Waals surface area contributed by atoms with Crippen LogP contribution in [0.15, 0.2) is 4.52 Å². The summed E-state index contributed by atoms with van der Waals surface area (Å²) in [4.78, 5) is 6.78. The third-order valence-corrected chi connectivity index (χ3v) is 4.01. The van der Waals surface area contributed by atoms with Crippen LogP contribution in [0.25, 0.3) is 0 Å². The van der Waals surface area contributed by atoms with Crippen LogP contribution in [0.5, 0.6) is 0 Å². The molecule has 6 heteroatoms. The van der Waals surface area contributed by atoms with Gasteiger partial charge in [0, 0.05) is 25.6 Å². The number of rotatable bonds is 5. The molecule has 0 aromatic carbocycles. The molecular weight excluding hydrogens is 244 g/mol. The number of nitrogens with zero attached hydrogens (tertiary/aromatic N) is 3. The number of morpholine rings is 1. The Labute approximate surface area is 113 Å². The fourth-order valence-electron chi connectivity index (χ4n) is 2.52. The molecule has 3 rings (SSSR count). The van der Waals surface area contributed by atoms with E-state index in [1.54, 1.807) is 0 Å². The first-order chi connectivity index (χ1) is 9.26. The Morgan fingerprint density at radius 3 is 3.05 bits per heavy atom. The monoisotopic (exact) mass is 266 g/mol. The van der Waals surface area contributed by atoms with Crippen molar-refractivity contribution in [2.24, 2.45) is 11.7 Å². The van der Waals surface area contributed by atoms with Crippen molar-refractivity contribution in [2.75, 3.05) is 26.2 Å². The smallest absolute Gasteiger partial charge is 0.228 e. The van der Waals surface area contributed by atoms with Gasteiger partial charge in [0.1, 0.15) is 6.10 Å². The molecule has 1 aromatic rings. The standard InChI is InChI=1S/C13H22N4O2/c1-2-17-5-6-18-11(8-17)13-15-12(19-16-13)7-10(14)9-3-4-9/h9-11H,2-8,14H2,1H3. The van der Waals surface area contributed by atoms with Crippen molar-refractivity contribution in [1.82, 2.24) is 15.0 Å². The molecule has 1 aliphatic heterocycles. The van der Waals surface area contributed by atoms with Crippen LogP contribution in [0.3, 0.4) is 0 Å². The third-order valence-electron chi connectivity index (χ3n) is 4.01. The van der Waals surface area contributed by atoms with Gasteiger partial charge in [-0.05, 0) is 25.3 Å². The van der Waals surface area contributed by atoms with Gasteiger partial charge >= 0.3 is 0 Å². The zero-order valence-corrected chi connectivity index (χ0v) is 11.4. The van der Waals surface area contributed by atoms with E-state index in [0.717, 1.165) is 26.2 Å². The summed E-state index contributed by atoms with van der Waals surface area (Å²) in [5.41, 5.74) is 6.08. The summed E-state index contributed by atoms with van der Waals surface area (Å²) in [6.45, 7) is 5.72. The van der Waals surface area contributed by atoms with Gasteiger partial charge in [0.15, 0.2) is 0 Å². The second-order valence-corrected chi connectivity index (χ2v) is 5.50. The number of aromatic nitrogens is 2. The molecule has 19 heavy (non-hydrogen) atoms. The Kier molecular flexibility index (Phi) is 3.81. The molecular formula is C13H22N4O2. The summed E-state index contributed by atoms with van der Waals surface area (Å²) in [6.07, 6.45) is 3.09. The molecule has 2 unspecified atom stereocenters. The minimum Gasteiger partial charge on any atom is -0.367 e. The quantitative estimate of drug-likeness (QED) is 0.847. The lowest BCUT2D eigenvalue weighted by atomic mass is 10.1. The topological polar surface area (TPSA) is 77.4 Å². The first kappa shape index (κ1) is 13.0. The summed E-state index contributed by atoms with van der Waals surface area (Å²) in [7, 11) is 0. The van der Waals surface area contributed by atoms with Gasteiger partial charge in [-0.3, -0.25) is 4.90 Å². The number of hydrogen-bond donors (Lipinski definition) is 1. The van der Waals surface area contributed by atoms with E-state index in [4.69, 9.17) is 15.0 Å². The molecule has 106 valence electrons. The predicted molar refractivity (Wildman–Crippen MR) is 69.5 cm³/mol. The second-order valence-electron chi connectivity index (χ2n) is 5.50. The van der Waals surface area contributed by atoms with Crippen LogP contribution < -0.4 is 5.73 Å². The average molecular weight is 266 g/mol. The van der Waals surface area contributed by atoms with E-state index in [9.17, 15) is 0 Å². The molecule has 2 aliphatic rings. The lowest BCUT2D eigenvalue weighted by Crippen LogP contribution is -2.38. The summed E-state index contributed by atoms with van der Waals surface area (Å²) < 4.78 is 11.0. The van der Waals surface area contributed by atoms with Gasteiger partial charge in [0.05, 0.1) is 6.61 Å². The molecule has 0 bridgehead atoms. The Balaban J connectivity index is 1.60. The highest BCUT2D eigenvalue weighted by molar-refractivity contribution is 4.97. The molecule has 1 aliphatic carbocycles. The largest absolute Gasteiger partial charge is 0.367 e. The third kappa shape index (κ3) is 3.13. The van der Waals surface area contributed by atoms with Crippen molar-refractivity contribution in [3.63, 3.8) is 0 Å². The fraction of sp³-hybridized carbons (Fsp3) is 0.846. The van der Waals surface area contributed by atoms with Gasteiger partial charge in [-0.2, -0.15) is 4.98 Å². The predicted octanol–water partition coefficient (Wildman–Crippen LogP) is 0.743. The molecule has 1 aromatic heterocycles. The highest BCUT2D eigenvalue weighted by atomic mass is 16.5. The summed E-state index contributed by atoms with van der Waals surface area (Å²) in [6, 6.07) is 0.160. The van der Waals surface area contributed by atoms with Crippen molar-refractivity contribution in [3.8, 4) is 0 Å². The molecule has 2 heterocycles. The van der Waals surface area contributed by atoms with E-state index in [-0.39, 0.29) is 12.1 Å². The van der Waals surface area contributed by atoms with Crippen LogP contribution in [0.4, 0.5) is 0 Å². The Bertz CT molecular complexity index is 419. The Morgan fingerprint density at radius 1 is 1.47 bits per heavy atom. The van der Waals surface area contributed by atoms with Crippen LogP contribution in [-0.2, 0) is 11.2 Å². The van der Waals surface area contributed by atoms with Crippen LogP contribution >= 0.6 is 0 Å². The number of ether oxygens (including phenoxy) is 1. The molecule has 0 spiro atoms. The lowest BCUT2D eigenvalue weighted by Gasteiger charge is -2.30. The molecule has 0 amide bonds. The molecule has 6 nitrogen and oxygen atoms in total. The Morgan fingerprint density at radius 2 is 2.32 bits per heavy atom. The number of nitrogens with two attached hydrogens (primary N) is 1. The van der Waals surface area contributed by atoms with Crippen molar-refractivity contribution in [3.05, 3.63) is 11.7 Å². The fourth-order valence-corrected chi connectivity index (χ4v) is 2.52. The van der Waals surface area contributed by atoms with Crippen LogP contribution in [0.2, 0.25) is 0 Å². The summed E-state index contributed by atoms with van der Waals surface area (Å²) >= 11 is 0. The molecule has 1 saturated carbocycles. The molecule has 0 radical (unpaired) electrons. The van der Waals surface area contributed by atoms with E-state index in [2.05, 4.69) is 22.0 Å². The van der Waals surface area contributed by atoms with Crippen molar-refractivity contribution in [1.29, 1.82) is 0 Å². The summed E-state index contributed by atoms with van der Waals surface area (Å²) in [5, 5.41) is 4.05. The SMILES string of the molecule is CCN1CCOC(c2noc(CC(N)C3CC3)n2)C1. The maximum atomic E-state index is 6.08. The van der Waals surface area contributed by atoms with E-state index >= 15 is 0 Å². The van der Waals surface area contributed by atoms with Gasteiger partial charge < -0.3 is 15.0 Å². The van der Waals surface area contributed by atoms with Crippen molar-refractivity contribution < 1.29 is 9.26 Å². The van der Waals surface area contributed by atoms with Gasteiger partial charge in [-0.15, -0.1) is 0 Å². The van der Waals surface area contributed by atoms with E-state index < -0.39 is 0 Å². The normalized spacial score (nSPS) is 26.5. The molecule has 2 fully saturated rings. The zero-order valence-electron chi connectivity index (χ0n) is 11.4. The molecule has 1 saturated heterocycles. The van der Waals surface area contributed by atoms with Crippen LogP contribution in [-0.4, -0.2) is 47.3 Å². The minimum atomic E-state index is -0.0663. The highest BCUT2D eigenvalue weighted by Gasteiger charge is 2.31. The second kappa shape index (κ2) is 5.56. The molecule has 2 N–H and O–H groups in total. The van der Waals surface area contributed by atoms with Crippen molar-refractivity contribution in [2.45, 2.75) is 38.3 Å². The summed E-state index contributed by atoms with van der Waals surface area (Å²) in [5.74, 6) is 1.96. The van der Waals surface area contributed by atoms with Crippen molar-refractivity contribution >= 4 is 0 Å². The first-order valence-electron chi connectivity index (χ1n) is 7.18. The maximum Gasteiger partial charge on any atom is 0.228 e. The molecule has 2 atom stereocenters. The maximum absolute atomic E-state index is 6.08. The van der Waals surface area contributed by atoms with E-state index in [1.807, 2.05) is 0 Å². The van der Waals surface area contributed by atoms with Gasteiger partial charge in [0.2, 0.25) is 11.7 Å². The van der Waals surface area contributed by atoms with Crippen LogP contribution in [0, 0.1) is 5.92 Å². The van der Waals surface area contributed by atoms with Gasteiger partial charge in [0.25, 0.3) is 0 Å². The minimum absolute atomic E-state index is 0.0663. The van der Waals surface area contributed by atoms with Gasteiger partial charge in [-0.25, -0.2) is 0 Å². The first-order valence-corrected chi connectivity index (χ1v) is 7.18. The number of likely N-dealkylation sites (N-methyl/N-ethyl adjacent to an activating group) is 1. The van der Waals surface area contributed by atoms with E-state index in [1.165, 1.54) is 12.8 Å². The average Bonchev–Trinajstić information content (AvgIpc) is 3.20. The zero-order chi connectivity index (χ0) is 13.2. The number of hydrogen-bond acceptors (Lipinski definition) is 6. The highest BCUT2D eigenvalue weighted by Crippen LogP contribution is 2.32. The van der Waals surface area contributed by atoms with E-state index in [0.29, 0.717) is 24.1 Å². The Hall–Kier alpha value is -0.980. The van der Waals surface area contributed by atoms with Gasteiger partial charge in [-0.1, -0.05) is 12.1 Å². The van der Waals surface area contributed by atoms with Crippen LogP contribution in [0.1, 0.15) is 37.6 Å². The lowest BCUT2D eigenvalue weighted by molar-refractivity contribution is -0.0334.